The molecule has 0 radical (unpaired) electrons. The number of anilines is 1. The Hall–Kier alpha value is -1.20. The van der Waals surface area contributed by atoms with Crippen LogP contribution in [-0.2, 0) is 0 Å². The van der Waals surface area contributed by atoms with Crippen molar-refractivity contribution in [2.75, 3.05) is 24.8 Å². The second-order valence-corrected chi connectivity index (χ2v) is 5.65. The Morgan fingerprint density at radius 3 is 2.56 bits per heavy atom. The molecule has 0 aromatic heterocycles. The minimum absolute atomic E-state index is 0.0321. The van der Waals surface area contributed by atoms with Gasteiger partial charge in [-0.25, -0.2) is 0 Å². The minimum atomic E-state index is -0.402. The van der Waals surface area contributed by atoms with Crippen molar-refractivity contribution in [3.63, 3.8) is 0 Å². The summed E-state index contributed by atoms with van der Waals surface area (Å²) in [4.78, 5) is 2.93. The molecule has 0 saturated carbocycles. The van der Waals surface area contributed by atoms with Gasteiger partial charge in [-0.05, 0) is 32.2 Å². The predicted octanol–water partition coefficient (Wildman–Crippen LogP) is 1.90. The lowest BCUT2D eigenvalue weighted by atomic mass is 10.0. The zero-order chi connectivity index (χ0) is 13.9. The van der Waals surface area contributed by atoms with Gasteiger partial charge in [-0.1, -0.05) is 6.07 Å². The summed E-state index contributed by atoms with van der Waals surface area (Å²) in [5, 5.41) is 17.2. The molecule has 1 aromatic carbocycles. The number of nitrogens with zero attached hydrogens (tertiary/aromatic N) is 1. The molecule has 0 unspecified atom stereocenters. The maximum absolute atomic E-state index is 9.45. The zero-order valence-electron chi connectivity index (χ0n) is 11.3. The van der Waals surface area contributed by atoms with E-state index in [-0.39, 0.29) is 12.4 Å². The van der Waals surface area contributed by atoms with Gasteiger partial charge >= 0.3 is 0 Å². The standard InChI is InChI=1S/C13H21N3OS/c1-13(2,8-17)16(3)9-6-5-7-10(18-4)11(9)12(14)15/h5-7,17H,8H2,1-4H3,(H3,14,15). The molecule has 100 valence electrons. The summed E-state index contributed by atoms with van der Waals surface area (Å²) in [6.45, 7) is 3.93. The van der Waals surface area contributed by atoms with Crippen LogP contribution in [0, 0.1) is 5.41 Å². The summed E-state index contributed by atoms with van der Waals surface area (Å²) in [5.41, 5.74) is 6.89. The van der Waals surface area contributed by atoms with E-state index < -0.39 is 5.54 Å². The molecule has 4 N–H and O–H groups in total. The minimum Gasteiger partial charge on any atom is -0.394 e. The van der Waals surface area contributed by atoms with E-state index in [0.717, 1.165) is 16.1 Å². The van der Waals surface area contributed by atoms with E-state index >= 15 is 0 Å². The number of hydrogen-bond acceptors (Lipinski definition) is 4. The first-order valence-electron chi connectivity index (χ1n) is 5.71. The van der Waals surface area contributed by atoms with Crippen molar-refractivity contribution in [2.24, 2.45) is 5.73 Å². The Morgan fingerprint density at radius 2 is 2.11 bits per heavy atom. The van der Waals surface area contributed by atoms with E-state index in [2.05, 4.69) is 0 Å². The van der Waals surface area contributed by atoms with Gasteiger partial charge in [0.2, 0.25) is 0 Å². The third-order valence-corrected chi connectivity index (χ3v) is 3.93. The molecule has 0 spiro atoms. The fraction of sp³-hybridized carbons (Fsp3) is 0.462. The van der Waals surface area contributed by atoms with Crippen LogP contribution in [0.1, 0.15) is 19.4 Å². The quantitative estimate of drug-likeness (QED) is 0.433. The van der Waals surface area contributed by atoms with Crippen LogP contribution in [0.25, 0.3) is 0 Å². The zero-order valence-corrected chi connectivity index (χ0v) is 12.1. The summed E-state index contributed by atoms with van der Waals surface area (Å²) in [5.74, 6) is 0.0514. The molecule has 0 amide bonds. The van der Waals surface area contributed by atoms with E-state index in [4.69, 9.17) is 11.1 Å². The number of benzene rings is 1. The Bertz CT molecular complexity index is 446. The molecular formula is C13H21N3OS. The molecule has 0 aliphatic carbocycles. The maximum Gasteiger partial charge on any atom is 0.126 e. The largest absolute Gasteiger partial charge is 0.394 e. The van der Waals surface area contributed by atoms with Gasteiger partial charge in [0.1, 0.15) is 5.84 Å². The summed E-state index contributed by atoms with van der Waals surface area (Å²) >= 11 is 1.56. The van der Waals surface area contributed by atoms with Crippen LogP contribution in [0.15, 0.2) is 23.1 Å². The summed E-state index contributed by atoms with van der Waals surface area (Å²) in [7, 11) is 1.90. The van der Waals surface area contributed by atoms with Crippen molar-refractivity contribution in [3.8, 4) is 0 Å². The lowest BCUT2D eigenvalue weighted by Crippen LogP contribution is -2.45. The highest BCUT2D eigenvalue weighted by atomic mass is 32.2. The van der Waals surface area contributed by atoms with E-state index in [9.17, 15) is 5.11 Å². The number of nitrogens with one attached hydrogen (secondary N) is 1. The van der Waals surface area contributed by atoms with Gasteiger partial charge in [-0.2, -0.15) is 0 Å². The van der Waals surface area contributed by atoms with Gasteiger partial charge in [0.25, 0.3) is 0 Å². The smallest absolute Gasteiger partial charge is 0.126 e. The first-order chi connectivity index (χ1) is 8.35. The van der Waals surface area contributed by atoms with Crippen molar-refractivity contribution >= 4 is 23.3 Å². The second-order valence-electron chi connectivity index (χ2n) is 4.80. The number of thioether (sulfide) groups is 1. The van der Waals surface area contributed by atoms with Crippen molar-refractivity contribution < 1.29 is 5.11 Å². The van der Waals surface area contributed by atoms with E-state index in [1.54, 1.807) is 11.8 Å². The molecule has 1 rings (SSSR count). The van der Waals surface area contributed by atoms with Crippen molar-refractivity contribution in [1.29, 1.82) is 5.41 Å². The van der Waals surface area contributed by atoms with Crippen LogP contribution < -0.4 is 10.6 Å². The number of nitrogen functional groups attached to an aromatic ring is 1. The van der Waals surface area contributed by atoms with Crippen LogP contribution in [0.2, 0.25) is 0 Å². The highest BCUT2D eigenvalue weighted by molar-refractivity contribution is 7.98. The number of rotatable bonds is 5. The SMILES string of the molecule is CSc1cccc(N(C)C(C)(C)CO)c1C(=N)N. The lowest BCUT2D eigenvalue weighted by molar-refractivity contribution is 0.216. The first kappa shape index (κ1) is 14.9. The molecule has 1 aromatic rings. The summed E-state index contributed by atoms with van der Waals surface area (Å²) in [6.07, 6.45) is 1.96. The Balaban J connectivity index is 3.36. The number of aliphatic hydroxyl groups excluding tert-OH is 1. The topological polar surface area (TPSA) is 73.3 Å². The highest BCUT2D eigenvalue weighted by Gasteiger charge is 2.26. The molecule has 0 fully saturated rings. The monoisotopic (exact) mass is 267 g/mol. The van der Waals surface area contributed by atoms with Crippen LogP contribution in [-0.4, -0.2) is 36.4 Å². The fourth-order valence-electron chi connectivity index (χ4n) is 1.67. The van der Waals surface area contributed by atoms with Gasteiger partial charge in [0.05, 0.1) is 17.7 Å². The molecule has 0 aliphatic heterocycles. The molecule has 0 bridgehead atoms. The van der Waals surface area contributed by atoms with Crippen molar-refractivity contribution in [3.05, 3.63) is 23.8 Å². The Labute approximate surface area is 113 Å². The average molecular weight is 267 g/mol. The Morgan fingerprint density at radius 1 is 1.50 bits per heavy atom. The third kappa shape index (κ3) is 2.79. The molecule has 5 heteroatoms. The van der Waals surface area contributed by atoms with Crippen LogP contribution in [0.5, 0.6) is 0 Å². The predicted molar refractivity (Wildman–Crippen MR) is 78.8 cm³/mol. The lowest BCUT2D eigenvalue weighted by Gasteiger charge is -2.37. The number of likely N-dealkylation sites (N-methyl/N-ethyl adjacent to an activating group) is 1. The first-order valence-corrected chi connectivity index (χ1v) is 6.93. The number of amidine groups is 1. The Kier molecular flexibility index (Phi) is 4.65. The molecule has 0 aliphatic rings. The highest BCUT2D eigenvalue weighted by Crippen LogP contribution is 2.31. The van der Waals surface area contributed by atoms with Crippen molar-refractivity contribution in [2.45, 2.75) is 24.3 Å². The van der Waals surface area contributed by atoms with E-state index in [0.29, 0.717) is 0 Å². The number of aliphatic hydroxyl groups is 1. The van der Waals surface area contributed by atoms with Crippen molar-refractivity contribution in [1.82, 2.24) is 0 Å². The third-order valence-electron chi connectivity index (χ3n) is 3.15. The maximum atomic E-state index is 9.45. The van der Waals surface area contributed by atoms with Crippen LogP contribution >= 0.6 is 11.8 Å². The fourth-order valence-corrected chi connectivity index (χ4v) is 2.31. The second kappa shape index (κ2) is 5.63. The molecule has 0 atom stereocenters. The molecule has 4 nitrogen and oxygen atoms in total. The molecule has 0 saturated heterocycles. The average Bonchev–Trinajstić information content (AvgIpc) is 2.36. The van der Waals surface area contributed by atoms with E-state index in [1.807, 2.05) is 50.2 Å². The van der Waals surface area contributed by atoms with Gasteiger partial charge in [-0.3, -0.25) is 5.41 Å². The van der Waals surface area contributed by atoms with Gasteiger partial charge in [0.15, 0.2) is 0 Å². The molecule has 0 heterocycles. The summed E-state index contributed by atoms with van der Waals surface area (Å²) in [6, 6.07) is 5.82. The van der Waals surface area contributed by atoms with Crippen LogP contribution in [0.4, 0.5) is 5.69 Å². The van der Waals surface area contributed by atoms with Gasteiger partial charge in [0, 0.05) is 17.6 Å². The number of hydrogen-bond donors (Lipinski definition) is 3. The molecular weight excluding hydrogens is 246 g/mol. The normalized spacial score (nSPS) is 11.4. The summed E-state index contributed by atoms with van der Waals surface area (Å²) < 4.78 is 0. The van der Waals surface area contributed by atoms with Gasteiger partial charge < -0.3 is 15.7 Å². The van der Waals surface area contributed by atoms with E-state index in [1.165, 1.54) is 0 Å². The van der Waals surface area contributed by atoms with Gasteiger partial charge in [-0.15, -0.1) is 11.8 Å². The number of nitrogens with two attached hydrogens (primary N) is 1. The molecule has 18 heavy (non-hydrogen) atoms. The van der Waals surface area contributed by atoms with Crippen LogP contribution in [0.3, 0.4) is 0 Å².